The van der Waals surface area contributed by atoms with E-state index >= 15 is 0 Å². The minimum Gasteiger partial charge on any atom is -0.484 e. The lowest BCUT2D eigenvalue weighted by atomic mass is 9.77. The van der Waals surface area contributed by atoms with Crippen molar-refractivity contribution in [2.45, 2.75) is 25.3 Å². The SMILES string of the molecule is O=C(COc1ccc2ccccc2c1)N1N=C2/C(=C\c3ccc4c(c3)OCO4)CCC[C@@H]2[C@@H]1c1ccc2c(c1)OCO2. The van der Waals surface area contributed by atoms with E-state index in [9.17, 15) is 4.79 Å². The molecule has 8 heteroatoms. The Balaban J connectivity index is 1.12. The number of hydrogen-bond donors (Lipinski definition) is 0. The fraction of sp³-hybridized carbons (Fsp3) is 0.235. The van der Waals surface area contributed by atoms with Gasteiger partial charge in [0, 0.05) is 5.92 Å². The highest BCUT2D eigenvalue weighted by molar-refractivity contribution is 6.08. The molecule has 3 aliphatic heterocycles. The summed E-state index contributed by atoms with van der Waals surface area (Å²) in [5.41, 5.74) is 4.05. The van der Waals surface area contributed by atoms with E-state index in [4.69, 9.17) is 28.8 Å². The smallest absolute Gasteiger partial charge is 0.281 e. The molecule has 4 aromatic rings. The number of fused-ring (bicyclic) bond motifs is 4. The van der Waals surface area contributed by atoms with Gasteiger partial charge in [0.05, 0.1) is 11.8 Å². The van der Waals surface area contributed by atoms with Gasteiger partial charge in [-0.15, -0.1) is 0 Å². The Labute approximate surface area is 242 Å². The minimum atomic E-state index is -0.275. The van der Waals surface area contributed by atoms with Crippen LogP contribution in [0.1, 0.15) is 36.4 Å². The highest BCUT2D eigenvalue weighted by Crippen LogP contribution is 2.46. The topological polar surface area (TPSA) is 78.8 Å². The lowest BCUT2D eigenvalue weighted by Crippen LogP contribution is -2.34. The van der Waals surface area contributed by atoms with Crippen LogP contribution in [0.4, 0.5) is 0 Å². The van der Waals surface area contributed by atoms with Crippen LogP contribution >= 0.6 is 0 Å². The van der Waals surface area contributed by atoms with Crippen LogP contribution in [0.15, 0.2) is 89.5 Å². The molecule has 4 aliphatic rings. The van der Waals surface area contributed by atoms with Gasteiger partial charge in [-0.2, -0.15) is 5.10 Å². The van der Waals surface area contributed by atoms with Gasteiger partial charge < -0.3 is 23.7 Å². The summed E-state index contributed by atoms with van der Waals surface area (Å²) in [6.45, 7) is 0.309. The Hall–Kier alpha value is -4.98. The van der Waals surface area contributed by atoms with Crippen molar-refractivity contribution in [3.8, 4) is 28.7 Å². The average Bonchev–Trinajstić information content (AvgIpc) is 3.78. The molecule has 2 atom stereocenters. The number of nitrogens with zero attached hydrogens (tertiary/aromatic N) is 2. The first-order valence-electron chi connectivity index (χ1n) is 14.2. The molecule has 1 aliphatic carbocycles. The van der Waals surface area contributed by atoms with Gasteiger partial charge >= 0.3 is 0 Å². The molecule has 0 aromatic heterocycles. The summed E-state index contributed by atoms with van der Waals surface area (Å²) < 4.78 is 28.3. The molecule has 42 heavy (non-hydrogen) atoms. The maximum Gasteiger partial charge on any atom is 0.281 e. The first-order chi connectivity index (χ1) is 20.7. The van der Waals surface area contributed by atoms with Gasteiger partial charge in [0.1, 0.15) is 5.75 Å². The van der Waals surface area contributed by atoms with E-state index in [1.807, 2.05) is 72.8 Å². The van der Waals surface area contributed by atoms with E-state index in [1.54, 1.807) is 5.01 Å². The number of rotatable bonds is 5. The zero-order chi connectivity index (χ0) is 28.0. The van der Waals surface area contributed by atoms with Gasteiger partial charge in [0.2, 0.25) is 13.6 Å². The van der Waals surface area contributed by atoms with Crippen LogP contribution in [-0.2, 0) is 4.79 Å². The fourth-order valence-corrected chi connectivity index (χ4v) is 6.31. The zero-order valence-corrected chi connectivity index (χ0v) is 22.8. The largest absolute Gasteiger partial charge is 0.484 e. The van der Waals surface area contributed by atoms with Crippen LogP contribution in [-0.4, -0.2) is 36.8 Å². The van der Waals surface area contributed by atoms with Crippen molar-refractivity contribution in [1.82, 2.24) is 5.01 Å². The molecule has 0 radical (unpaired) electrons. The Bertz CT molecular complexity index is 1780. The lowest BCUT2D eigenvalue weighted by Gasteiger charge is -2.29. The number of hydrazone groups is 1. The Morgan fingerprint density at radius 2 is 1.62 bits per heavy atom. The molecular weight excluding hydrogens is 532 g/mol. The van der Waals surface area contributed by atoms with Crippen molar-refractivity contribution < 1.29 is 28.5 Å². The lowest BCUT2D eigenvalue weighted by molar-refractivity contribution is -0.135. The number of allylic oxidation sites excluding steroid dienone is 1. The average molecular weight is 561 g/mol. The minimum absolute atomic E-state index is 0.0454. The van der Waals surface area contributed by atoms with Gasteiger partial charge in [-0.25, -0.2) is 5.01 Å². The first-order valence-corrected chi connectivity index (χ1v) is 14.2. The molecule has 3 heterocycles. The molecule has 1 saturated carbocycles. The van der Waals surface area contributed by atoms with E-state index in [-0.39, 0.29) is 38.1 Å². The molecule has 210 valence electrons. The van der Waals surface area contributed by atoms with Crippen LogP contribution in [0.3, 0.4) is 0 Å². The van der Waals surface area contributed by atoms with Gasteiger partial charge in [0.25, 0.3) is 5.91 Å². The van der Waals surface area contributed by atoms with Gasteiger partial charge in [-0.3, -0.25) is 4.79 Å². The van der Waals surface area contributed by atoms with Crippen LogP contribution in [0, 0.1) is 5.92 Å². The van der Waals surface area contributed by atoms with E-state index < -0.39 is 0 Å². The Morgan fingerprint density at radius 1 is 0.857 bits per heavy atom. The second kappa shape index (κ2) is 10.1. The molecule has 0 saturated heterocycles. The third-order valence-corrected chi connectivity index (χ3v) is 8.32. The molecule has 8 rings (SSSR count). The number of hydrogen-bond acceptors (Lipinski definition) is 7. The summed E-state index contributed by atoms with van der Waals surface area (Å²) in [4.78, 5) is 13.8. The second-order valence-electron chi connectivity index (χ2n) is 10.9. The van der Waals surface area contributed by atoms with Crippen molar-refractivity contribution >= 4 is 28.5 Å². The fourth-order valence-electron chi connectivity index (χ4n) is 6.31. The van der Waals surface area contributed by atoms with Gasteiger partial charge in [-0.05, 0) is 89.2 Å². The van der Waals surface area contributed by atoms with Crippen molar-refractivity contribution in [2.75, 3.05) is 20.2 Å². The molecular formula is C34H28N2O6. The Morgan fingerprint density at radius 3 is 2.48 bits per heavy atom. The molecule has 4 aromatic carbocycles. The highest BCUT2D eigenvalue weighted by atomic mass is 16.7. The molecule has 1 amide bonds. The van der Waals surface area contributed by atoms with Gasteiger partial charge in [0.15, 0.2) is 29.6 Å². The van der Waals surface area contributed by atoms with E-state index in [2.05, 4.69) is 12.1 Å². The first kappa shape index (κ1) is 24.8. The van der Waals surface area contributed by atoms with Gasteiger partial charge in [-0.1, -0.05) is 42.5 Å². The zero-order valence-electron chi connectivity index (χ0n) is 22.8. The Kier molecular flexibility index (Phi) is 5.98. The summed E-state index contributed by atoms with van der Waals surface area (Å²) in [6, 6.07) is 25.5. The highest BCUT2D eigenvalue weighted by Gasteiger charge is 2.44. The number of ether oxygens (including phenoxy) is 5. The van der Waals surface area contributed by atoms with Crippen molar-refractivity contribution in [1.29, 1.82) is 0 Å². The third kappa shape index (κ3) is 4.40. The second-order valence-corrected chi connectivity index (χ2v) is 10.9. The summed E-state index contributed by atoms with van der Waals surface area (Å²) in [7, 11) is 0. The molecule has 0 unspecified atom stereocenters. The summed E-state index contributed by atoms with van der Waals surface area (Å²) in [5, 5.41) is 8.80. The number of benzene rings is 4. The van der Waals surface area contributed by atoms with E-state index in [0.717, 1.165) is 63.9 Å². The third-order valence-electron chi connectivity index (χ3n) is 8.32. The standard InChI is InChI=1S/C34H28N2O6/c37-32(18-38-26-11-9-22-4-1-2-5-23(22)16-26)36-34(25-10-13-29-31(17-25)42-20-40-29)27-7-3-6-24(33(27)35-36)14-21-8-12-28-30(15-21)41-19-39-28/h1-2,4-5,8-17,27,34H,3,6-7,18-20H2/b24-14-/t27-,34-/m0/s1. The van der Waals surface area contributed by atoms with Crippen LogP contribution in [0.2, 0.25) is 0 Å². The van der Waals surface area contributed by atoms with Crippen LogP contribution in [0.25, 0.3) is 16.8 Å². The summed E-state index contributed by atoms with van der Waals surface area (Å²) in [5.74, 6) is 3.39. The molecule has 0 spiro atoms. The van der Waals surface area contributed by atoms with Crippen molar-refractivity contribution in [3.05, 3.63) is 95.6 Å². The normalized spacial score (nSPS) is 21.0. The quantitative estimate of drug-likeness (QED) is 0.277. The maximum absolute atomic E-state index is 13.8. The predicted molar refractivity (Wildman–Crippen MR) is 157 cm³/mol. The van der Waals surface area contributed by atoms with E-state index in [1.165, 1.54) is 0 Å². The monoisotopic (exact) mass is 560 g/mol. The molecule has 0 N–H and O–H groups in total. The van der Waals surface area contributed by atoms with Crippen molar-refractivity contribution in [2.24, 2.45) is 11.0 Å². The van der Waals surface area contributed by atoms with Crippen LogP contribution in [0.5, 0.6) is 28.7 Å². The number of carbonyl (C=O) groups is 1. The summed E-state index contributed by atoms with van der Waals surface area (Å²) in [6.07, 6.45) is 4.96. The molecule has 8 nitrogen and oxygen atoms in total. The molecule has 1 fully saturated rings. The van der Waals surface area contributed by atoms with Crippen LogP contribution < -0.4 is 23.7 Å². The van der Waals surface area contributed by atoms with Crippen molar-refractivity contribution in [3.63, 3.8) is 0 Å². The summed E-state index contributed by atoms with van der Waals surface area (Å²) >= 11 is 0. The number of carbonyl (C=O) groups excluding carboxylic acids is 1. The molecule has 0 bridgehead atoms. The van der Waals surface area contributed by atoms with E-state index in [0.29, 0.717) is 17.2 Å². The maximum atomic E-state index is 13.8. The predicted octanol–water partition coefficient (Wildman–Crippen LogP) is 6.50. The number of amides is 1.